The van der Waals surface area contributed by atoms with E-state index in [4.69, 9.17) is 4.74 Å². The number of carbonyl (C=O) groups is 2. The molecule has 5 atom stereocenters. The Hall–Kier alpha value is -3.88. The molecule has 11 nitrogen and oxygen atoms in total. The highest BCUT2D eigenvalue weighted by molar-refractivity contribution is 7.89. The lowest BCUT2D eigenvalue weighted by Gasteiger charge is -2.31. The molecule has 47 heavy (non-hydrogen) atoms. The summed E-state index contributed by atoms with van der Waals surface area (Å²) in [4.78, 5) is 32.0. The number of aliphatic hydroxyl groups excluding tert-OH is 2. The van der Waals surface area contributed by atoms with Gasteiger partial charge in [-0.3, -0.25) is 9.69 Å². The standard InChI is InChI=1S/C34H40N4O7S2/c1-4-22(2)18-37(47(43,44)27-14-15-28-32(17-27)46-21-35-28)19-30(40)29(16-24-8-6-5-7-9-24)36-33(41)31-20-38(34(42)45-31)26-12-10-25(11-13-26)23(3)39/h5-15,17,21-23,29-31,39-40H,4,16,18-20H2,1-3H3,(H,36,41)/t22-,23?,29-,30+,31-/m0/s1. The molecule has 1 aliphatic heterocycles. The van der Waals surface area contributed by atoms with Crippen LogP contribution in [0.15, 0.2) is 83.2 Å². The molecule has 4 aromatic rings. The van der Waals surface area contributed by atoms with Gasteiger partial charge in [0.25, 0.3) is 5.91 Å². The minimum atomic E-state index is -4.03. The van der Waals surface area contributed by atoms with Crippen LogP contribution in [0.5, 0.6) is 0 Å². The van der Waals surface area contributed by atoms with Crippen molar-refractivity contribution in [2.45, 2.75) is 62.9 Å². The lowest BCUT2D eigenvalue weighted by atomic mass is 10.0. The van der Waals surface area contributed by atoms with Crippen LogP contribution < -0.4 is 10.2 Å². The van der Waals surface area contributed by atoms with Crippen molar-refractivity contribution in [1.82, 2.24) is 14.6 Å². The first-order valence-electron chi connectivity index (χ1n) is 15.6. The van der Waals surface area contributed by atoms with Crippen LogP contribution in [0, 0.1) is 5.92 Å². The van der Waals surface area contributed by atoms with E-state index < -0.39 is 46.4 Å². The molecule has 1 aromatic heterocycles. The maximum absolute atomic E-state index is 14.0. The number of ether oxygens (including phenoxy) is 1. The van der Waals surface area contributed by atoms with Gasteiger partial charge in [-0.1, -0.05) is 62.7 Å². The average molecular weight is 681 g/mol. The van der Waals surface area contributed by atoms with Crippen LogP contribution in [0.4, 0.5) is 10.5 Å². The molecule has 1 aliphatic rings. The fourth-order valence-electron chi connectivity index (χ4n) is 5.40. The molecule has 2 heterocycles. The van der Waals surface area contributed by atoms with Gasteiger partial charge < -0.3 is 20.3 Å². The number of aliphatic hydroxyl groups is 2. The molecule has 0 spiro atoms. The third-order valence-corrected chi connectivity index (χ3v) is 11.0. The molecule has 250 valence electrons. The number of thiazole rings is 1. The number of fused-ring (bicyclic) bond motifs is 1. The van der Waals surface area contributed by atoms with E-state index in [1.807, 2.05) is 44.2 Å². The fourth-order valence-corrected chi connectivity index (χ4v) is 7.79. The number of cyclic esters (lactones) is 1. The summed E-state index contributed by atoms with van der Waals surface area (Å²) in [6, 6.07) is 19.9. The second kappa shape index (κ2) is 14.9. The predicted molar refractivity (Wildman–Crippen MR) is 181 cm³/mol. The number of sulfonamides is 1. The van der Waals surface area contributed by atoms with Gasteiger partial charge in [0.1, 0.15) is 0 Å². The number of hydrogen-bond donors (Lipinski definition) is 3. The van der Waals surface area contributed by atoms with Gasteiger partial charge in [0.15, 0.2) is 6.10 Å². The molecular formula is C34H40N4O7S2. The SMILES string of the molecule is CC[C@H](C)CN(C[C@@H](O)[C@H](Cc1ccccc1)NC(=O)[C@@H]1CN(c2ccc(C(C)O)cc2)C(=O)O1)S(=O)(=O)c1ccc2ncsc2c1. The summed E-state index contributed by atoms with van der Waals surface area (Å²) in [5.74, 6) is -0.599. The Morgan fingerprint density at radius 2 is 1.81 bits per heavy atom. The molecule has 5 rings (SSSR count). The number of amides is 2. The molecule has 13 heteroatoms. The van der Waals surface area contributed by atoms with Crippen LogP contribution in [0.3, 0.4) is 0 Å². The van der Waals surface area contributed by atoms with E-state index in [2.05, 4.69) is 10.3 Å². The minimum absolute atomic E-state index is 0.00446. The van der Waals surface area contributed by atoms with Gasteiger partial charge in [0, 0.05) is 18.8 Å². The first-order valence-corrected chi connectivity index (χ1v) is 17.9. The Morgan fingerprint density at radius 1 is 1.09 bits per heavy atom. The Labute approximate surface area is 278 Å². The lowest BCUT2D eigenvalue weighted by Crippen LogP contribution is -2.53. The van der Waals surface area contributed by atoms with Crippen LogP contribution in [-0.2, 0) is 26.0 Å². The number of benzene rings is 3. The summed E-state index contributed by atoms with van der Waals surface area (Å²) in [6.45, 7) is 5.41. The number of anilines is 1. The zero-order chi connectivity index (χ0) is 33.7. The lowest BCUT2D eigenvalue weighted by molar-refractivity contribution is -0.129. The normalized spacial score (nSPS) is 17.8. The topological polar surface area (TPSA) is 149 Å². The fraction of sp³-hybridized carbons (Fsp3) is 0.382. The number of aromatic nitrogens is 1. The number of rotatable bonds is 14. The van der Waals surface area contributed by atoms with E-state index in [1.54, 1.807) is 48.8 Å². The predicted octanol–water partition coefficient (Wildman–Crippen LogP) is 4.50. The van der Waals surface area contributed by atoms with Crippen molar-refractivity contribution >= 4 is 49.3 Å². The van der Waals surface area contributed by atoms with Crippen LogP contribution in [-0.4, -0.2) is 77.8 Å². The van der Waals surface area contributed by atoms with E-state index >= 15 is 0 Å². The quantitative estimate of drug-likeness (QED) is 0.176. The molecule has 1 saturated heterocycles. The smallest absolute Gasteiger partial charge is 0.415 e. The zero-order valence-electron chi connectivity index (χ0n) is 26.5. The Kier molecular flexibility index (Phi) is 10.9. The monoisotopic (exact) mass is 680 g/mol. The third-order valence-electron chi connectivity index (χ3n) is 8.43. The van der Waals surface area contributed by atoms with E-state index in [-0.39, 0.29) is 36.9 Å². The van der Waals surface area contributed by atoms with Gasteiger partial charge >= 0.3 is 6.09 Å². The van der Waals surface area contributed by atoms with Crippen molar-refractivity contribution in [2.75, 3.05) is 24.5 Å². The summed E-state index contributed by atoms with van der Waals surface area (Å²) in [5.41, 5.74) is 4.38. The summed E-state index contributed by atoms with van der Waals surface area (Å²) in [6.07, 6.45) is -2.88. The van der Waals surface area contributed by atoms with Gasteiger partial charge in [0.2, 0.25) is 10.0 Å². The van der Waals surface area contributed by atoms with E-state index in [1.165, 1.54) is 26.6 Å². The van der Waals surface area contributed by atoms with E-state index in [0.29, 0.717) is 16.8 Å². The van der Waals surface area contributed by atoms with Crippen molar-refractivity contribution < 1.29 is 33.0 Å². The zero-order valence-corrected chi connectivity index (χ0v) is 28.2. The molecule has 0 saturated carbocycles. The highest BCUT2D eigenvalue weighted by Gasteiger charge is 2.39. The summed E-state index contributed by atoms with van der Waals surface area (Å²) < 4.78 is 35.4. The molecule has 0 bridgehead atoms. The van der Waals surface area contributed by atoms with Gasteiger partial charge in [-0.25, -0.2) is 18.2 Å². The second-order valence-corrected chi connectivity index (χ2v) is 14.8. The van der Waals surface area contributed by atoms with Crippen molar-refractivity contribution in [3.8, 4) is 0 Å². The van der Waals surface area contributed by atoms with Crippen molar-refractivity contribution in [3.05, 3.63) is 89.4 Å². The largest absolute Gasteiger partial charge is 0.434 e. The second-order valence-electron chi connectivity index (χ2n) is 11.9. The van der Waals surface area contributed by atoms with Crippen molar-refractivity contribution in [3.63, 3.8) is 0 Å². The van der Waals surface area contributed by atoms with Gasteiger partial charge in [-0.05, 0) is 60.7 Å². The van der Waals surface area contributed by atoms with Gasteiger partial charge in [-0.15, -0.1) is 11.3 Å². The number of nitrogens with zero attached hydrogens (tertiary/aromatic N) is 3. The van der Waals surface area contributed by atoms with Gasteiger partial charge in [-0.2, -0.15) is 4.31 Å². The maximum Gasteiger partial charge on any atom is 0.415 e. The van der Waals surface area contributed by atoms with Crippen molar-refractivity contribution in [2.24, 2.45) is 5.92 Å². The number of carbonyl (C=O) groups excluding carboxylic acids is 2. The van der Waals surface area contributed by atoms with Crippen LogP contribution in [0.25, 0.3) is 10.2 Å². The van der Waals surface area contributed by atoms with Crippen LogP contribution in [0.1, 0.15) is 44.4 Å². The van der Waals surface area contributed by atoms with E-state index in [9.17, 15) is 28.2 Å². The van der Waals surface area contributed by atoms with Gasteiger partial charge in [0.05, 0.1) is 45.4 Å². The minimum Gasteiger partial charge on any atom is -0.434 e. The molecular weight excluding hydrogens is 641 g/mol. The molecule has 3 N–H and O–H groups in total. The third kappa shape index (κ3) is 8.17. The van der Waals surface area contributed by atoms with Crippen LogP contribution >= 0.6 is 11.3 Å². The van der Waals surface area contributed by atoms with E-state index in [0.717, 1.165) is 16.7 Å². The summed E-state index contributed by atoms with van der Waals surface area (Å²) in [7, 11) is -4.03. The molecule has 3 aromatic carbocycles. The summed E-state index contributed by atoms with van der Waals surface area (Å²) >= 11 is 1.35. The molecule has 1 fully saturated rings. The average Bonchev–Trinajstić information content (AvgIpc) is 3.70. The highest BCUT2D eigenvalue weighted by Crippen LogP contribution is 2.27. The van der Waals surface area contributed by atoms with Crippen LogP contribution in [0.2, 0.25) is 0 Å². The molecule has 0 aliphatic carbocycles. The summed E-state index contributed by atoms with van der Waals surface area (Å²) in [5, 5.41) is 24.3. The number of nitrogens with one attached hydrogen (secondary N) is 1. The highest BCUT2D eigenvalue weighted by atomic mass is 32.2. The molecule has 2 amide bonds. The Balaban J connectivity index is 1.36. The molecule has 0 radical (unpaired) electrons. The first kappa shape index (κ1) is 34.5. The number of hydrogen-bond acceptors (Lipinski definition) is 9. The molecule has 1 unspecified atom stereocenters. The first-order chi connectivity index (χ1) is 22.5. The van der Waals surface area contributed by atoms with Crippen molar-refractivity contribution in [1.29, 1.82) is 0 Å². The maximum atomic E-state index is 14.0. The Bertz CT molecular complexity index is 1780. The Morgan fingerprint density at radius 3 is 2.49 bits per heavy atom.